The van der Waals surface area contributed by atoms with Crippen LogP contribution in [0.25, 0.3) is 0 Å². The fourth-order valence-corrected chi connectivity index (χ4v) is 2.34. The third-order valence-corrected chi connectivity index (χ3v) is 3.73. The van der Waals surface area contributed by atoms with Crippen LogP contribution in [0.2, 0.25) is 0 Å². The summed E-state index contributed by atoms with van der Waals surface area (Å²) < 4.78 is 14.8. The Morgan fingerprint density at radius 3 is 2.81 bits per heavy atom. The summed E-state index contributed by atoms with van der Waals surface area (Å²) in [6.07, 6.45) is 1.24. The zero-order chi connectivity index (χ0) is 19.1. The van der Waals surface area contributed by atoms with E-state index in [9.17, 15) is 14.9 Å². The average molecular weight is 381 g/mol. The molecule has 0 aliphatic carbocycles. The van der Waals surface area contributed by atoms with Gasteiger partial charge in [-0.3, -0.25) is 15.5 Å². The Bertz CT molecular complexity index is 837. The molecule has 0 aliphatic heterocycles. The first kappa shape index (κ1) is 18.9. The van der Waals surface area contributed by atoms with Crippen molar-refractivity contribution in [2.24, 2.45) is 5.10 Å². The molecule has 0 fully saturated rings. The van der Waals surface area contributed by atoms with Crippen molar-refractivity contribution in [1.29, 1.82) is 0 Å². The van der Waals surface area contributed by atoms with Gasteiger partial charge in [0, 0.05) is 5.38 Å². The number of carbonyl (C=O) groups excluding carboxylic acids is 1. The quantitative estimate of drug-likeness (QED) is 0.301. The highest BCUT2D eigenvalue weighted by Crippen LogP contribution is 2.34. The maximum Gasteiger partial charge on any atom is 0.343 e. The van der Waals surface area contributed by atoms with Crippen molar-refractivity contribution >= 4 is 40.2 Å². The molecule has 2 aromatic rings. The number of nitrogen functional groups attached to an aromatic ring is 1. The van der Waals surface area contributed by atoms with Crippen LogP contribution >= 0.6 is 11.3 Å². The van der Waals surface area contributed by atoms with Crippen molar-refractivity contribution in [2.75, 3.05) is 32.0 Å². The zero-order valence-corrected chi connectivity index (χ0v) is 14.6. The van der Waals surface area contributed by atoms with E-state index in [1.54, 1.807) is 5.38 Å². The first-order valence-electron chi connectivity index (χ1n) is 7.00. The SMILES string of the molecule is COC(=O)COc1cc([N+](=O)[O-])c(C=NNc2nc(N)cs2)cc1OC. The van der Waals surface area contributed by atoms with Crippen LogP contribution in [-0.4, -0.2) is 42.9 Å². The molecule has 0 radical (unpaired) electrons. The largest absolute Gasteiger partial charge is 0.493 e. The van der Waals surface area contributed by atoms with Gasteiger partial charge in [-0.25, -0.2) is 9.78 Å². The highest BCUT2D eigenvalue weighted by molar-refractivity contribution is 7.14. The van der Waals surface area contributed by atoms with Crippen molar-refractivity contribution in [3.05, 3.63) is 33.2 Å². The van der Waals surface area contributed by atoms with Crippen molar-refractivity contribution < 1.29 is 23.9 Å². The molecular formula is C14H15N5O6S. The predicted molar refractivity (Wildman–Crippen MR) is 94.9 cm³/mol. The summed E-state index contributed by atoms with van der Waals surface area (Å²) >= 11 is 1.23. The number of aromatic nitrogens is 1. The number of ether oxygens (including phenoxy) is 3. The number of hydrogen-bond acceptors (Lipinski definition) is 11. The van der Waals surface area contributed by atoms with Gasteiger partial charge < -0.3 is 19.9 Å². The molecule has 2 rings (SSSR count). The number of hydrogen-bond donors (Lipinski definition) is 2. The molecule has 26 heavy (non-hydrogen) atoms. The standard InChI is InChI=1S/C14H15N5O6S/c1-23-10-3-8(5-16-18-14-17-12(15)7-26-14)9(19(21)22)4-11(10)25-6-13(20)24-2/h3-5,7H,6,15H2,1-2H3,(H,17,18). The minimum atomic E-state index is -0.632. The number of nitrogens with zero attached hydrogens (tertiary/aromatic N) is 3. The molecule has 0 saturated heterocycles. The molecule has 0 amide bonds. The molecule has 3 N–H and O–H groups in total. The molecule has 138 valence electrons. The van der Waals surface area contributed by atoms with Crippen molar-refractivity contribution in [3.63, 3.8) is 0 Å². The highest BCUT2D eigenvalue weighted by atomic mass is 32.1. The summed E-state index contributed by atoms with van der Waals surface area (Å²) in [5, 5.41) is 17.3. The van der Waals surface area contributed by atoms with Crippen LogP contribution in [0.4, 0.5) is 16.6 Å². The third kappa shape index (κ3) is 4.80. The maximum absolute atomic E-state index is 11.3. The minimum Gasteiger partial charge on any atom is -0.493 e. The number of nitrogens with two attached hydrogens (primary N) is 1. The Balaban J connectivity index is 2.26. The van der Waals surface area contributed by atoms with Gasteiger partial charge in [-0.05, 0) is 6.07 Å². The van der Waals surface area contributed by atoms with Crippen LogP contribution in [-0.2, 0) is 9.53 Å². The molecule has 0 aliphatic rings. The number of anilines is 2. The topological polar surface area (TPSA) is 151 Å². The second kappa shape index (κ2) is 8.62. The fraction of sp³-hybridized carbons (Fsp3) is 0.214. The molecule has 1 heterocycles. The number of rotatable bonds is 8. The number of hydrazone groups is 1. The van der Waals surface area contributed by atoms with Gasteiger partial charge in [0.15, 0.2) is 18.1 Å². The molecule has 0 unspecified atom stereocenters. The van der Waals surface area contributed by atoms with Gasteiger partial charge in [0.1, 0.15) is 5.82 Å². The molecule has 0 atom stereocenters. The summed E-state index contributed by atoms with van der Waals surface area (Å²) in [5.41, 5.74) is 7.99. The molecule has 12 heteroatoms. The van der Waals surface area contributed by atoms with E-state index in [1.807, 2.05) is 0 Å². The molecule has 0 spiro atoms. The number of nitrogens with one attached hydrogen (secondary N) is 1. The van der Waals surface area contributed by atoms with E-state index in [2.05, 4.69) is 20.2 Å². The van der Waals surface area contributed by atoms with E-state index >= 15 is 0 Å². The van der Waals surface area contributed by atoms with E-state index in [0.717, 1.165) is 6.07 Å². The lowest BCUT2D eigenvalue weighted by Gasteiger charge is -2.10. The van der Waals surface area contributed by atoms with Crippen molar-refractivity contribution in [2.45, 2.75) is 0 Å². The lowest BCUT2D eigenvalue weighted by Crippen LogP contribution is -2.13. The second-order valence-corrected chi connectivity index (χ2v) is 5.49. The maximum atomic E-state index is 11.3. The molecule has 11 nitrogen and oxygen atoms in total. The zero-order valence-electron chi connectivity index (χ0n) is 13.8. The number of methoxy groups -OCH3 is 2. The van der Waals surface area contributed by atoms with E-state index in [0.29, 0.717) is 10.9 Å². The predicted octanol–water partition coefficient (Wildman–Crippen LogP) is 1.64. The van der Waals surface area contributed by atoms with Gasteiger partial charge in [-0.2, -0.15) is 5.10 Å². The lowest BCUT2D eigenvalue weighted by atomic mass is 10.1. The van der Waals surface area contributed by atoms with Crippen molar-refractivity contribution in [1.82, 2.24) is 4.98 Å². The van der Waals surface area contributed by atoms with Crippen LogP contribution in [0.15, 0.2) is 22.6 Å². The number of esters is 1. The van der Waals surface area contributed by atoms with Gasteiger partial charge in [-0.15, -0.1) is 11.3 Å². The van der Waals surface area contributed by atoms with Gasteiger partial charge in [0.05, 0.1) is 37.0 Å². The number of benzene rings is 1. The van der Waals surface area contributed by atoms with Crippen LogP contribution in [0.5, 0.6) is 11.5 Å². The Labute approximate surface area is 151 Å². The van der Waals surface area contributed by atoms with Crippen LogP contribution in [0, 0.1) is 10.1 Å². The monoisotopic (exact) mass is 381 g/mol. The molecular weight excluding hydrogens is 366 g/mol. The first-order valence-corrected chi connectivity index (χ1v) is 7.88. The first-order chi connectivity index (χ1) is 12.4. The number of thiazole rings is 1. The van der Waals surface area contributed by atoms with Crippen molar-refractivity contribution in [3.8, 4) is 11.5 Å². The number of nitro benzene ring substituents is 1. The Kier molecular flexibility index (Phi) is 6.27. The fourth-order valence-electron chi connectivity index (χ4n) is 1.79. The molecule has 0 saturated carbocycles. The summed E-state index contributed by atoms with van der Waals surface area (Å²) in [5.74, 6) is -0.0680. The smallest absolute Gasteiger partial charge is 0.343 e. The average Bonchev–Trinajstić information content (AvgIpc) is 3.04. The van der Waals surface area contributed by atoms with E-state index in [-0.39, 0.29) is 22.7 Å². The summed E-state index contributed by atoms with van der Waals surface area (Å²) in [6.45, 7) is -0.412. The Hall–Kier alpha value is -3.41. The molecule has 0 bridgehead atoms. The minimum absolute atomic E-state index is 0.0300. The van der Waals surface area contributed by atoms with Gasteiger partial charge in [0.2, 0.25) is 5.13 Å². The highest BCUT2D eigenvalue weighted by Gasteiger charge is 2.19. The Morgan fingerprint density at radius 1 is 1.46 bits per heavy atom. The Morgan fingerprint density at radius 2 is 2.23 bits per heavy atom. The van der Waals surface area contributed by atoms with E-state index < -0.39 is 17.5 Å². The van der Waals surface area contributed by atoms with Crippen LogP contribution < -0.4 is 20.6 Å². The third-order valence-electron chi connectivity index (χ3n) is 2.97. The summed E-state index contributed by atoms with van der Waals surface area (Å²) in [4.78, 5) is 25.8. The van der Waals surface area contributed by atoms with Gasteiger partial charge in [-0.1, -0.05) is 0 Å². The molecule has 1 aromatic carbocycles. The van der Waals surface area contributed by atoms with Gasteiger partial charge >= 0.3 is 5.97 Å². The lowest BCUT2D eigenvalue weighted by molar-refractivity contribution is -0.385. The second-order valence-electron chi connectivity index (χ2n) is 4.63. The molecule has 1 aromatic heterocycles. The van der Waals surface area contributed by atoms with E-state index in [1.165, 1.54) is 37.8 Å². The summed E-state index contributed by atoms with van der Waals surface area (Å²) in [6, 6.07) is 2.51. The van der Waals surface area contributed by atoms with Crippen LogP contribution in [0.3, 0.4) is 0 Å². The van der Waals surface area contributed by atoms with E-state index in [4.69, 9.17) is 15.2 Å². The van der Waals surface area contributed by atoms with Crippen LogP contribution in [0.1, 0.15) is 5.56 Å². The van der Waals surface area contributed by atoms with Gasteiger partial charge in [0.25, 0.3) is 5.69 Å². The summed E-state index contributed by atoms with van der Waals surface area (Å²) in [7, 11) is 2.57. The normalized spacial score (nSPS) is 10.5. The number of carbonyl (C=O) groups is 1. The number of nitro groups is 1.